The summed E-state index contributed by atoms with van der Waals surface area (Å²) in [6, 6.07) is 11.5. The summed E-state index contributed by atoms with van der Waals surface area (Å²) in [6.07, 6.45) is 2.41. The van der Waals surface area contributed by atoms with Crippen LogP contribution in [-0.4, -0.2) is 66.1 Å². The molecule has 0 spiro atoms. The molecule has 49 heavy (non-hydrogen) atoms. The van der Waals surface area contributed by atoms with Gasteiger partial charge in [0.2, 0.25) is 5.13 Å². The maximum atomic E-state index is 14.0. The Hall–Kier alpha value is -4.33. The lowest BCUT2D eigenvalue weighted by atomic mass is 9.90. The van der Waals surface area contributed by atoms with E-state index in [0.717, 1.165) is 17.0 Å². The third kappa shape index (κ3) is 7.06. The van der Waals surface area contributed by atoms with Gasteiger partial charge in [0.05, 0.1) is 41.2 Å². The molecular formula is C35H40ClN7O5S. The van der Waals surface area contributed by atoms with Gasteiger partial charge in [-0.3, -0.25) is 0 Å². The van der Waals surface area contributed by atoms with Crippen LogP contribution >= 0.6 is 22.9 Å². The topological polar surface area (TPSA) is 126 Å². The monoisotopic (exact) mass is 705 g/mol. The van der Waals surface area contributed by atoms with Crippen LogP contribution in [0, 0.1) is 0 Å². The van der Waals surface area contributed by atoms with E-state index in [0.29, 0.717) is 40.5 Å². The predicted octanol–water partition coefficient (Wildman–Crippen LogP) is 8.80. The van der Waals surface area contributed by atoms with Crippen LogP contribution in [0.1, 0.15) is 74.0 Å². The van der Waals surface area contributed by atoms with Crippen molar-refractivity contribution in [3.63, 3.8) is 0 Å². The molecule has 1 aliphatic heterocycles. The Bertz CT molecular complexity index is 2040. The van der Waals surface area contributed by atoms with E-state index < -0.39 is 28.8 Å². The zero-order chi connectivity index (χ0) is 35.5. The molecule has 1 aliphatic rings. The maximum Gasteiger partial charge on any atom is 0.435 e. The number of hydrogen-bond donors (Lipinski definition) is 0. The van der Waals surface area contributed by atoms with Gasteiger partial charge in [-0.25, -0.2) is 19.5 Å². The van der Waals surface area contributed by atoms with Crippen molar-refractivity contribution in [3.05, 3.63) is 59.5 Å². The smallest absolute Gasteiger partial charge is 0.435 e. The van der Waals surface area contributed by atoms with E-state index in [1.165, 1.54) is 20.9 Å². The molecule has 0 saturated carbocycles. The van der Waals surface area contributed by atoms with E-state index >= 15 is 0 Å². The summed E-state index contributed by atoms with van der Waals surface area (Å²) in [7, 11) is 0. The van der Waals surface area contributed by atoms with Crippen LogP contribution < -0.4 is 4.90 Å². The third-order valence-corrected chi connectivity index (χ3v) is 8.85. The molecule has 0 bridgehead atoms. The second-order valence-electron chi connectivity index (χ2n) is 14.9. The molecule has 2 aromatic carbocycles. The number of ether oxygens (including phenoxy) is 3. The number of halogens is 1. The van der Waals surface area contributed by atoms with Crippen molar-refractivity contribution in [2.45, 2.75) is 85.0 Å². The molecular weight excluding hydrogens is 666 g/mol. The number of hydrogen-bond acceptors (Lipinski definition) is 10. The van der Waals surface area contributed by atoms with E-state index in [4.69, 9.17) is 25.8 Å². The SMILES string of the molecule is CC(C)(C)OC(=O)N(c1nnc(-c2cccc(-c3nccn3C3COC3)c2)s1)c1ccc2c(c(C(C)(C)C)nn2C(=O)OC(C)(C)C)c1Cl. The molecule has 3 aromatic heterocycles. The molecule has 1 amide bonds. The lowest BCUT2D eigenvalue weighted by Crippen LogP contribution is -2.34. The van der Waals surface area contributed by atoms with E-state index in [-0.39, 0.29) is 16.2 Å². The minimum atomic E-state index is -0.820. The molecule has 0 aliphatic carbocycles. The summed E-state index contributed by atoms with van der Waals surface area (Å²) in [6.45, 7) is 17.9. The van der Waals surface area contributed by atoms with E-state index in [9.17, 15) is 9.59 Å². The van der Waals surface area contributed by atoms with Crippen molar-refractivity contribution < 1.29 is 23.8 Å². The van der Waals surface area contributed by atoms with Crippen LogP contribution in [0.3, 0.4) is 0 Å². The molecule has 6 rings (SSSR count). The lowest BCUT2D eigenvalue weighted by molar-refractivity contribution is -0.0226. The highest BCUT2D eigenvalue weighted by molar-refractivity contribution is 7.18. The lowest BCUT2D eigenvalue weighted by Gasteiger charge is -2.28. The number of carbonyl (C=O) groups excluding carboxylic acids is 2. The van der Waals surface area contributed by atoms with Crippen LogP contribution in [0.15, 0.2) is 48.8 Å². The highest BCUT2D eigenvalue weighted by Crippen LogP contribution is 2.44. The molecule has 1 saturated heterocycles. The fourth-order valence-electron chi connectivity index (χ4n) is 5.32. The minimum Gasteiger partial charge on any atom is -0.443 e. The average molecular weight is 706 g/mol. The first-order chi connectivity index (χ1) is 22.9. The number of rotatable bonds is 5. The van der Waals surface area contributed by atoms with Crippen LogP contribution in [0.25, 0.3) is 32.9 Å². The van der Waals surface area contributed by atoms with Crippen molar-refractivity contribution in [3.8, 4) is 22.0 Å². The van der Waals surface area contributed by atoms with Gasteiger partial charge in [0.25, 0.3) is 0 Å². The summed E-state index contributed by atoms with van der Waals surface area (Å²) < 4.78 is 20.2. The zero-order valence-corrected chi connectivity index (χ0v) is 30.6. The normalized spacial score (nSPS) is 14.2. The number of aromatic nitrogens is 6. The van der Waals surface area contributed by atoms with Gasteiger partial charge in [0, 0.05) is 34.3 Å². The van der Waals surface area contributed by atoms with E-state index in [1.54, 1.807) is 59.9 Å². The molecule has 5 aromatic rings. The van der Waals surface area contributed by atoms with Crippen molar-refractivity contribution in [2.24, 2.45) is 0 Å². The number of fused-ring (bicyclic) bond motifs is 1. The minimum absolute atomic E-state index is 0.202. The Morgan fingerprint density at radius 2 is 1.65 bits per heavy atom. The van der Waals surface area contributed by atoms with Gasteiger partial charge >= 0.3 is 12.2 Å². The predicted molar refractivity (Wildman–Crippen MR) is 190 cm³/mol. The van der Waals surface area contributed by atoms with Gasteiger partial charge in [-0.2, -0.15) is 9.78 Å². The molecule has 0 radical (unpaired) electrons. The number of anilines is 2. The second kappa shape index (κ2) is 12.5. The Labute approximate surface area is 294 Å². The van der Waals surface area contributed by atoms with Crippen LogP contribution in [0.4, 0.5) is 20.4 Å². The van der Waals surface area contributed by atoms with Gasteiger partial charge in [0.15, 0.2) is 0 Å². The van der Waals surface area contributed by atoms with Gasteiger partial charge < -0.3 is 18.8 Å². The number of benzene rings is 2. The Morgan fingerprint density at radius 3 is 2.29 bits per heavy atom. The number of imidazole rings is 1. The van der Waals surface area contributed by atoms with E-state index in [1.807, 2.05) is 51.2 Å². The summed E-state index contributed by atoms with van der Waals surface area (Å²) in [5, 5.41) is 15.1. The summed E-state index contributed by atoms with van der Waals surface area (Å²) in [5.41, 5.74) is 0.949. The first kappa shape index (κ1) is 34.5. The quantitative estimate of drug-likeness (QED) is 0.176. The highest BCUT2D eigenvalue weighted by Gasteiger charge is 2.34. The van der Waals surface area contributed by atoms with Crippen LogP contribution in [0.5, 0.6) is 0 Å². The average Bonchev–Trinajstić information content (AvgIpc) is 3.71. The standard InChI is InChI=1S/C35H40ClN7O5S/c1-33(2,3)27-25-23(43(40-27)32(45)48-35(7,8)9)13-14-24(26(25)36)42(31(44)47-34(4,5)6)30-39-38-29(49-30)21-12-10-11-20(17-21)28-37-15-16-41(28)22-18-46-19-22/h10-17,22H,18-19H2,1-9H3. The van der Waals surface area contributed by atoms with Crippen LogP contribution in [0.2, 0.25) is 5.02 Å². The second-order valence-corrected chi connectivity index (χ2v) is 16.3. The Morgan fingerprint density at radius 1 is 0.959 bits per heavy atom. The van der Waals surface area contributed by atoms with Crippen molar-refractivity contribution in [1.29, 1.82) is 0 Å². The van der Waals surface area contributed by atoms with Crippen molar-refractivity contribution in [2.75, 3.05) is 18.1 Å². The van der Waals surface area contributed by atoms with Crippen molar-refractivity contribution in [1.82, 2.24) is 29.5 Å². The number of amides is 1. The Kier molecular flexibility index (Phi) is 8.83. The molecule has 0 atom stereocenters. The van der Waals surface area contributed by atoms with Crippen LogP contribution in [-0.2, 0) is 19.6 Å². The first-order valence-electron chi connectivity index (χ1n) is 15.9. The molecule has 14 heteroatoms. The number of carbonyl (C=O) groups is 2. The fourth-order valence-corrected chi connectivity index (χ4v) is 6.50. The largest absolute Gasteiger partial charge is 0.443 e. The summed E-state index contributed by atoms with van der Waals surface area (Å²) in [4.78, 5) is 33.1. The fraction of sp³-hybridized carbons (Fsp3) is 0.429. The van der Waals surface area contributed by atoms with E-state index in [2.05, 4.69) is 24.8 Å². The zero-order valence-electron chi connectivity index (χ0n) is 29.1. The third-order valence-electron chi connectivity index (χ3n) is 7.51. The molecule has 1 fully saturated rings. The first-order valence-corrected chi connectivity index (χ1v) is 17.1. The molecule has 0 N–H and O–H groups in total. The summed E-state index contributed by atoms with van der Waals surface area (Å²) >= 11 is 8.42. The summed E-state index contributed by atoms with van der Waals surface area (Å²) in [5.74, 6) is 0.830. The van der Waals surface area contributed by atoms with Gasteiger partial charge in [-0.05, 0) is 59.7 Å². The molecule has 4 heterocycles. The highest BCUT2D eigenvalue weighted by atomic mass is 35.5. The maximum absolute atomic E-state index is 14.0. The van der Waals surface area contributed by atoms with Crippen molar-refractivity contribution >= 4 is 56.8 Å². The Balaban J connectivity index is 1.45. The van der Waals surface area contributed by atoms with Gasteiger partial charge in [0.1, 0.15) is 22.0 Å². The molecule has 12 nitrogen and oxygen atoms in total. The molecule has 258 valence electrons. The van der Waals surface area contributed by atoms with Gasteiger partial charge in [-0.1, -0.05) is 61.9 Å². The van der Waals surface area contributed by atoms with Gasteiger partial charge in [-0.15, -0.1) is 10.2 Å². The molecule has 0 unspecified atom stereocenters. The number of nitrogens with zero attached hydrogens (tertiary/aromatic N) is 7.